The van der Waals surface area contributed by atoms with Gasteiger partial charge in [0.15, 0.2) is 0 Å². The third kappa shape index (κ3) is 2.16. The summed E-state index contributed by atoms with van der Waals surface area (Å²) < 4.78 is 13.4. The number of hydrogen-bond donors (Lipinski definition) is 0. The number of nitrogens with zero attached hydrogens (tertiary/aromatic N) is 3. The quantitative estimate of drug-likeness (QED) is 0.760. The summed E-state index contributed by atoms with van der Waals surface area (Å²) in [4.78, 5) is 22.7. The topological polar surface area (TPSA) is 46.1 Å². The lowest BCUT2D eigenvalue weighted by Gasteiger charge is -2.48. The molecule has 5 heteroatoms. The zero-order valence-electron chi connectivity index (χ0n) is 12.4. The normalized spacial score (nSPS) is 20.1. The number of amides is 1. The maximum Gasteiger partial charge on any atom is 0.256 e. The number of rotatable bonds is 1. The van der Waals surface area contributed by atoms with Gasteiger partial charge < -0.3 is 4.90 Å². The van der Waals surface area contributed by atoms with E-state index in [1.807, 2.05) is 4.90 Å². The molecule has 1 saturated heterocycles. The number of carbonyl (C=O) groups excluding carboxylic acids is 1. The molecule has 1 aliphatic heterocycles. The van der Waals surface area contributed by atoms with Crippen LogP contribution in [0.25, 0.3) is 11.0 Å². The predicted molar refractivity (Wildman–Crippen MR) is 80.9 cm³/mol. The molecule has 22 heavy (non-hydrogen) atoms. The fourth-order valence-corrected chi connectivity index (χ4v) is 3.71. The first-order valence-corrected chi connectivity index (χ1v) is 7.88. The largest absolute Gasteiger partial charge is 0.339 e. The van der Waals surface area contributed by atoms with Gasteiger partial charge in [0.05, 0.1) is 11.1 Å². The molecule has 2 fully saturated rings. The van der Waals surface area contributed by atoms with Crippen molar-refractivity contribution in [2.45, 2.75) is 32.1 Å². The van der Waals surface area contributed by atoms with Crippen molar-refractivity contribution in [1.29, 1.82) is 0 Å². The molecule has 0 bridgehead atoms. The summed E-state index contributed by atoms with van der Waals surface area (Å²) in [5.74, 6) is -0.638. The van der Waals surface area contributed by atoms with E-state index in [-0.39, 0.29) is 5.91 Å². The molecule has 3 heterocycles. The summed E-state index contributed by atoms with van der Waals surface area (Å²) in [7, 11) is 0. The van der Waals surface area contributed by atoms with Crippen LogP contribution in [0.4, 0.5) is 4.39 Å². The minimum absolute atomic E-state index is 0.0559. The van der Waals surface area contributed by atoms with E-state index in [2.05, 4.69) is 9.97 Å². The summed E-state index contributed by atoms with van der Waals surface area (Å²) in [6, 6.07) is 4.48. The number of carbonyl (C=O) groups is 1. The van der Waals surface area contributed by atoms with Gasteiger partial charge in [-0.2, -0.15) is 4.39 Å². The van der Waals surface area contributed by atoms with Gasteiger partial charge in [-0.25, -0.2) is 4.98 Å². The van der Waals surface area contributed by atoms with Crippen LogP contribution in [0.2, 0.25) is 0 Å². The van der Waals surface area contributed by atoms with E-state index in [9.17, 15) is 9.18 Å². The number of piperidine rings is 1. The van der Waals surface area contributed by atoms with Crippen molar-refractivity contribution >= 4 is 16.9 Å². The summed E-state index contributed by atoms with van der Waals surface area (Å²) in [6.45, 7) is 1.58. The van der Waals surface area contributed by atoms with E-state index in [0.29, 0.717) is 22.0 Å². The molecule has 0 aromatic carbocycles. The number of pyridine rings is 2. The van der Waals surface area contributed by atoms with Crippen LogP contribution in [0, 0.1) is 11.4 Å². The van der Waals surface area contributed by atoms with Crippen LogP contribution in [0.15, 0.2) is 24.4 Å². The first-order chi connectivity index (χ1) is 10.7. The molecule has 2 aromatic heterocycles. The number of hydrogen-bond acceptors (Lipinski definition) is 3. The lowest BCUT2D eigenvalue weighted by molar-refractivity contribution is 0.0287. The van der Waals surface area contributed by atoms with E-state index in [1.54, 1.807) is 18.3 Å². The number of fused-ring (bicyclic) bond motifs is 1. The summed E-state index contributed by atoms with van der Waals surface area (Å²) in [5.41, 5.74) is 1.87. The van der Waals surface area contributed by atoms with Crippen molar-refractivity contribution in [3.05, 3.63) is 35.9 Å². The molecule has 0 unspecified atom stereocenters. The first kappa shape index (κ1) is 13.6. The molecule has 4 rings (SSSR count). The highest BCUT2D eigenvalue weighted by molar-refractivity contribution is 6.04. The minimum Gasteiger partial charge on any atom is -0.339 e. The fourth-order valence-electron chi connectivity index (χ4n) is 3.71. The molecule has 0 radical (unpaired) electrons. The number of likely N-dealkylation sites (tertiary alicyclic amines) is 1. The van der Waals surface area contributed by atoms with E-state index in [1.165, 1.54) is 25.3 Å². The molecule has 114 valence electrons. The molecule has 1 aliphatic carbocycles. The monoisotopic (exact) mass is 299 g/mol. The van der Waals surface area contributed by atoms with Gasteiger partial charge in [0.25, 0.3) is 5.91 Å². The van der Waals surface area contributed by atoms with Crippen LogP contribution in [0.3, 0.4) is 0 Å². The SMILES string of the molecule is O=C(c1ccnc2ccc(F)nc12)N1CCC2(CCC2)CC1. The van der Waals surface area contributed by atoms with Gasteiger partial charge in [-0.3, -0.25) is 9.78 Å². The van der Waals surface area contributed by atoms with E-state index >= 15 is 0 Å². The lowest BCUT2D eigenvalue weighted by Crippen LogP contribution is -2.45. The minimum atomic E-state index is -0.582. The molecule has 0 atom stereocenters. The Morgan fingerprint density at radius 1 is 1.14 bits per heavy atom. The summed E-state index contributed by atoms with van der Waals surface area (Å²) >= 11 is 0. The maximum atomic E-state index is 13.4. The third-order valence-electron chi connectivity index (χ3n) is 5.31. The van der Waals surface area contributed by atoms with Gasteiger partial charge in [-0.1, -0.05) is 6.42 Å². The maximum absolute atomic E-state index is 13.4. The van der Waals surface area contributed by atoms with Crippen molar-refractivity contribution in [3.63, 3.8) is 0 Å². The Hall–Kier alpha value is -2.04. The molecule has 1 spiro atoms. The fraction of sp³-hybridized carbons (Fsp3) is 0.471. The van der Waals surface area contributed by atoms with Gasteiger partial charge in [0.2, 0.25) is 5.95 Å². The average Bonchev–Trinajstić information content (AvgIpc) is 2.52. The predicted octanol–water partition coefficient (Wildman–Crippen LogP) is 3.18. The first-order valence-electron chi connectivity index (χ1n) is 7.88. The lowest BCUT2D eigenvalue weighted by atomic mass is 9.63. The van der Waals surface area contributed by atoms with E-state index in [0.717, 1.165) is 25.9 Å². The average molecular weight is 299 g/mol. The molecule has 4 nitrogen and oxygen atoms in total. The van der Waals surface area contributed by atoms with Gasteiger partial charge in [0.1, 0.15) is 5.52 Å². The van der Waals surface area contributed by atoms with Crippen LogP contribution in [0.5, 0.6) is 0 Å². The Labute approximate surface area is 128 Å². The highest BCUT2D eigenvalue weighted by atomic mass is 19.1. The molecular weight excluding hydrogens is 281 g/mol. The Morgan fingerprint density at radius 3 is 2.59 bits per heavy atom. The summed E-state index contributed by atoms with van der Waals surface area (Å²) in [5, 5.41) is 0. The van der Waals surface area contributed by atoms with Crippen molar-refractivity contribution in [3.8, 4) is 0 Å². The Bertz CT molecular complexity index is 732. The third-order valence-corrected chi connectivity index (χ3v) is 5.31. The smallest absolute Gasteiger partial charge is 0.256 e. The highest BCUT2D eigenvalue weighted by Gasteiger charge is 2.40. The van der Waals surface area contributed by atoms with E-state index in [4.69, 9.17) is 0 Å². The molecular formula is C17H18FN3O. The molecule has 1 saturated carbocycles. The highest BCUT2D eigenvalue weighted by Crippen LogP contribution is 2.48. The van der Waals surface area contributed by atoms with Crippen molar-refractivity contribution in [2.24, 2.45) is 5.41 Å². The van der Waals surface area contributed by atoms with Crippen molar-refractivity contribution in [1.82, 2.24) is 14.9 Å². The van der Waals surface area contributed by atoms with Gasteiger partial charge >= 0.3 is 0 Å². The standard InChI is InChI=1S/C17H18FN3O/c18-14-3-2-13-15(20-14)12(4-9-19-13)16(22)21-10-7-17(8-11-21)5-1-6-17/h2-4,9H,1,5-8,10-11H2. The Kier molecular flexibility index (Phi) is 3.10. The number of aromatic nitrogens is 2. The Balaban J connectivity index is 1.61. The van der Waals surface area contributed by atoms with Crippen LogP contribution < -0.4 is 0 Å². The van der Waals surface area contributed by atoms with Crippen LogP contribution in [-0.2, 0) is 0 Å². The second kappa shape index (κ2) is 5.00. The van der Waals surface area contributed by atoms with Gasteiger partial charge in [0, 0.05) is 19.3 Å². The number of halogens is 1. The molecule has 2 aromatic rings. The summed E-state index contributed by atoms with van der Waals surface area (Å²) in [6.07, 6.45) is 7.70. The van der Waals surface area contributed by atoms with E-state index < -0.39 is 5.95 Å². The van der Waals surface area contributed by atoms with Crippen LogP contribution in [-0.4, -0.2) is 33.9 Å². The van der Waals surface area contributed by atoms with Gasteiger partial charge in [-0.15, -0.1) is 0 Å². The molecule has 0 N–H and O–H groups in total. The van der Waals surface area contributed by atoms with Crippen LogP contribution >= 0.6 is 0 Å². The second-order valence-corrected chi connectivity index (χ2v) is 6.51. The van der Waals surface area contributed by atoms with Crippen LogP contribution in [0.1, 0.15) is 42.5 Å². The molecule has 2 aliphatic rings. The second-order valence-electron chi connectivity index (χ2n) is 6.51. The van der Waals surface area contributed by atoms with Crippen molar-refractivity contribution in [2.75, 3.05) is 13.1 Å². The molecule has 1 amide bonds. The van der Waals surface area contributed by atoms with Gasteiger partial charge in [-0.05, 0) is 49.3 Å². The van der Waals surface area contributed by atoms with Crippen molar-refractivity contribution < 1.29 is 9.18 Å². The zero-order valence-corrected chi connectivity index (χ0v) is 12.4. The Morgan fingerprint density at radius 2 is 1.91 bits per heavy atom. The zero-order chi connectivity index (χ0) is 15.2.